The Morgan fingerprint density at radius 1 is 1.11 bits per heavy atom. The van der Waals surface area contributed by atoms with Gasteiger partial charge in [0.2, 0.25) is 5.91 Å². The number of nitrogens with zero attached hydrogens (tertiary/aromatic N) is 8. The molecular weight excluding hydrogens is 344 g/mol. The molecular formula is C18H28N8O. The van der Waals surface area contributed by atoms with Gasteiger partial charge in [0.05, 0.1) is 6.54 Å². The molecule has 0 N–H and O–H groups in total. The molecule has 146 valence electrons. The van der Waals surface area contributed by atoms with Crippen molar-refractivity contribution in [3.63, 3.8) is 0 Å². The SMILES string of the molecule is Cn1c(CN2CCCCC2)nnc1C1CCN(C(=O)Cn2cncn2)CC1. The third-order valence-corrected chi connectivity index (χ3v) is 5.79. The van der Waals surface area contributed by atoms with Gasteiger partial charge < -0.3 is 9.47 Å². The largest absolute Gasteiger partial charge is 0.341 e. The summed E-state index contributed by atoms with van der Waals surface area (Å²) in [5.41, 5.74) is 0. The second kappa shape index (κ2) is 8.16. The highest BCUT2D eigenvalue weighted by Crippen LogP contribution is 2.27. The van der Waals surface area contributed by atoms with Crippen molar-refractivity contribution in [1.82, 2.24) is 39.3 Å². The average Bonchev–Trinajstić information content (AvgIpc) is 3.33. The number of hydrogen-bond donors (Lipinski definition) is 0. The maximum Gasteiger partial charge on any atom is 0.244 e. The number of hydrogen-bond acceptors (Lipinski definition) is 6. The average molecular weight is 372 g/mol. The molecule has 0 unspecified atom stereocenters. The molecule has 2 aromatic heterocycles. The van der Waals surface area contributed by atoms with Gasteiger partial charge in [-0.05, 0) is 38.8 Å². The molecule has 4 rings (SSSR count). The van der Waals surface area contributed by atoms with E-state index in [4.69, 9.17) is 0 Å². The van der Waals surface area contributed by atoms with E-state index >= 15 is 0 Å². The summed E-state index contributed by atoms with van der Waals surface area (Å²) in [5.74, 6) is 2.58. The van der Waals surface area contributed by atoms with Crippen LogP contribution in [0, 0.1) is 0 Å². The molecule has 27 heavy (non-hydrogen) atoms. The Morgan fingerprint density at radius 3 is 2.59 bits per heavy atom. The van der Waals surface area contributed by atoms with Gasteiger partial charge in [0, 0.05) is 26.1 Å². The minimum absolute atomic E-state index is 0.0997. The second-order valence-electron chi connectivity index (χ2n) is 7.62. The van der Waals surface area contributed by atoms with Gasteiger partial charge in [-0.2, -0.15) is 5.10 Å². The molecule has 4 heterocycles. The Morgan fingerprint density at radius 2 is 1.89 bits per heavy atom. The van der Waals surface area contributed by atoms with Crippen LogP contribution in [0.25, 0.3) is 0 Å². The van der Waals surface area contributed by atoms with E-state index in [-0.39, 0.29) is 12.5 Å². The Bertz CT molecular complexity index is 742. The lowest BCUT2D eigenvalue weighted by Crippen LogP contribution is -2.40. The van der Waals surface area contributed by atoms with Crippen molar-refractivity contribution in [2.24, 2.45) is 7.05 Å². The fourth-order valence-electron chi connectivity index (χ4n) is 4.13. The second-order valence-corrected chi connectivity index (χ2v) is 7.62. The summed E-state index contributed by atoms with van der Waals surface area (Å²) >= 11 is 0. The van der Waals surface area contributed by atoms with E-state index in [2.05, 4.69) is 36.8 Å². The van der Waals surface area contributed by atoms with E-state index in [9.17, 15) is 4.79 Å². The van der Waals surface area contributed by atoms with Crippen LogP contribution in [0.3, 0.4) is 0 Å². The van der Waals surface area contributed by atoms with Gasteiger partial charge in [0.25, 0.3) is 0 Å². The number of rotatable bonds is 5. The van der Waals surface area contributed by atoms with Gasteiger partial charge in [-0.15, -0.1) is 10.2 Å². The van der Waals surface area contributed by atoms with Crippen LogP contribution in [0.1, 0.15) is 49.7 Å². The van der Waals surface area contributed by atoms with E-state index in [1.54, 1.807) is 11.0 Å². The van der Waals surface area contributed by atoms with Crippen LogP contribution in [0.4, 0.5) is 0 Å². The normalized spacial score (nSPS) is 19.5. The molecule has 0 bridgehead atoms. The van der Waals surface area contributed by atoms with E-state index in [1.165, 1.54) is 25.6 Å². The van der Waals surface area contributed by atoms with Crippen molar-refractivity contribution in [2.45, 2.75) is 51.1 Å². The molecule has 2 saturated heterocycles. The summed E-state index contributed by atoms with van der Waals surface area (Å²) in [6.45, 7) is 4.98. The molecule has 2 aliphatic rings. The van der Waals surface area contributed by atoms with Crippen LogP contribution >= 0.6 is 0 Å². The smallest absolute Gasteiger partial charge is 0.244 e. The molecule has 0 saturated carbocycles. The number of carbonyl (C=O) groups is 1. The molecule has 0 atom stereocenters. The number of piperidine rings is 2. The third kappa shape index (κ3) is 4.18. The van der Waals surface area contributed by atoms with Crippen LogP contribution in [0.5, 0.6) is 0 Å². The minimum Gasteiger partial charge on any atom is -0.341 e. The molecule has 0 aliphatic carbocycles. The first-order valence-corrected chi connectivity index (χ1v) is 9.91. The van der Waals surface area contributed by atoms with Crippen molar-refractivity contribution < 1.29 is 4.79 Å². The van der Waals surface area contributed by atoms with E-state index in [1.807, 2.05) is 4.90 Å². The Labute approximate surface area is 159 Å². The van der Waals surface area contributed by atoms with Gasteiger partial charge in [0.1, 0.15) is 30.8 Å². The van der Waals surface area contributed by atoms with Crippen LogP contribution < -0.4 is 0 Å². The van der Waals surface area contributed by atoms with Gasteiger partial charge in [-0.25, -0.2) is 9.67 Å². The van der Waals surface area contributed by atoms with Crippen LogP contribution in [-0.2, 0) is 24.9 Å². The predicted molar refractivity (Wildman–Crippen MR) is 98.7 cm³/mol. The molecule has 0 spiro atoms. The number of carbonyl (C=O) groups excluding carboxylic acids is 1. The van der Waals surface area contributed by atoms with Crippen LogP contribution in [-0.4, -0.2) is 71.4 Å². The molecule has 2 aliphatic heterocycles. The lowest BCUT2D eigenvalue weighted by molar-refractivity contribution is -0.133. The number of amides is 1. The Hall–Kier alpha value is -2.29. The first-order chi connectivity index (χ1) is 13.2. The van der Waals surface area contributed by atoms with Crippen molar-refractivity contribution >= 4 is 5.91 Å². The summed E-state index contributed by atoms with van der Waals surface area (Å²) in [6.07, 6.45) is 8.80. The lowest BCUT2D eigenvalue weighted by atomic mass is 9.96. The summed E-state index contributed by atoms with van der Waals surface area (Å²) in [6, 6.07) is 0. The number of likely N-dealkylation sites (tertiary alicyclic amines) is 2. The Balaban J connectivity index is 1.32. The maximum absolute atomic E-state index is 12.4. The van der Waals surface area contributed by atoms with Crippen LogP contribution in [0.15, 0.2) is 12.7 Å². The molecule has 2 aromatic rings. The summed E-state index contributed by atoms with van der Waals surface area (Å²) in [5, 5.41) is 13.0. The first-order valence-electron chi connectivity index (χ1n) is 9.91. The summed E-state index contributed by atoms with van der Waals surface area (Å²) < 4.78 is 3.75. The van der Waals surface area contributed by atoms with E-state index < -0.39 is 0 Å². The zero-order valence-corrected chi connectivity index (χ0v) is 16.0. The van der Waals surface area contributed by atoms with Crippen molar-refractivity contribution in [2.75, 3.05) is 26.2 Å². The Kier molecular flexibility index (Phi) is 5.47. The fourth-order valence-corrected chi connectivity index (χ4v) is 4.13. The fraction of sp³-hybridized carbons (Fsp3) is 0.722. The maximum atomic E-state index is 12.4. The van der Waals surface area contributed by atoms with Crippen molar-refractivity contribution in [3.8, 4) is 0 Å². The van der Waals surface area contributed by atoms with Crippen molar-refractivity contribution in [1.29, 1.82) is 0 Å². The first kappa shape index (κ1) is 18.1. The van der Waals surface area contributed by atoms with Gasteiger partial charge in [0.15, 0.2) is 0 Å². The van der Waals surface area contributed by atoms with Crippen molar-refractivity contribution in [3.05, 3.63) is 24.3 Å². The monoisotopic (exact) mass is 372 g/mol. The molecule has 0 radical (unpaired) electrons. The van der Waals surface area contributed by atoms with E-state index in [0.29, 0.717) is 5.92 Å². The zero-order valence-electron chi connectivity index (χ0n) is 16.0. The highest BCUT2D eigenvalue weighted by atomic mass is 16.2. The molecule has 9 nitrogen and oxygen atoms in total. The number of aromatic nitrogens is 6. The molecule has 0 aromatic carbocycles. The molecule has 9 heteroatoms. The zero-order chi connectivity index (χ0) is 18.6. The van der Waals surface area contributed by atoms with Gasteiger partial charge in [-0.3, -0.25) is 9.69 Å². The quantitative estimate of drug-likeness (QED) is 0.772. The highest BCUT2D eigenvalue weighted by molar-refractivity contribution is 5.75. The third-order valence-electron chi connectivity index (χ3n) is 5.79. The summed E-state index contributed by atoms with van der Waals surface area (Å²) in [7, 11) is 2.08. The molecule has 2 fully saturated rings. The predicted octanol–water partition coefficient (Wildman–Crippen LogP) is 0.799. The van der Waals surface area contributed by atoms with E-state index in [0.717, 1.165) is 57.2 Å². The van der Waals surface area contributed by atoms with Crippen LogP contribution in [0.2, 0.25) is 0 Å². The van der Waals surface area contributed by atoms with Gasteiger partial charge in [-0.1, -0.05) is 6.42 Å². The topological polar surface area (TPSA) is 85.0 Å². The standard InChI is InChI=1S/C18H28N8O/c1-23-16(11-24-7-3-2-4-8-24)21-22-18(23)15-5-9-25(10-6-15)17(27)12-26-14-19-13-20-26/h13-15H,2-12H2,1H3. The van der Waals surface area contributed by atoms with Gasteiger partial charge >= 0.3 is 0 Å². The lowest BCUT2D eigenvalue weighted by Gasteiger charge is -2.31. The highest BCUT2D eigenvalue weighted by Gasteiger charge is 2.28. The minimum atomic E-state index is 0.0997. The summed E-state index contributed by atoms with van der Waals surface area (Å²) in [4.78, 5) is 20.7. The molecule has 1 amide bonds.